The second kappa shape index (κ2) is 7.00. The number of hydrogen-bond donors (Lipinski definition) is 0. The molecule has 6 nitrogen and oxygen atoms in total. The first-order valence-electron chi connectivity index (χ1n) is 8.06. The third-order valence-electron chi connectivity index (χ3n) is 4.51. The average molecular weight is 316 g/mol. The van der Waals surface area contributed by atoms with Crippen molar-refractivity contribution in [3.63, 3.8) is 0 Å². The second-order valence-electron chi connectivity index (χ2n) is 5.80. The summed E-state index contributed by atoms with van der Waals surface area (Å²) in [6.45, 7) is 5.85. The van der Waals surface area contributed by atoms with Crippen LogP contribution in [0.3, 0.4) is 0 Å². The van der Waals surface area contributed by atoms with Gasteiger partial charge in [-0.3, -0.25) is 4.90 Å². The summed E-state index contributed by atoms with van der Waals surface area (Å²) in [7, 11) is 3.39. The van der Waals surface area contributed by atoms with Crippen LogP contribution in [0.5, 0.6) is 11.5 Å². The van der Waals surface area contributed by atoms with Gasteiger partial charge in [-0.15, -0.1) is 0 Å². The van der Waals surface area contributed by atoms with E-state index in [0.717, 1.165) is 49.9 Å². The molecule has 0 unspecified atom stereocenters. The molecule has 6 heteroatoms. The summed E-state index contributed by atoms with van der Waals surface area (Å²) in [4.78, 5) is 6.81. The molecule has 0 N–H and O–H groups in total. The lowest BCUT2D eigenvalue weighted by Crippen LogP contribution is -2.22. The van der Waals surface area contributed by atoms with Crippen molar-refractivity contribution in [3.05, 3.63) is 35.9 Å². The number of para-hydroxylation sites is 1. The Bertz CT molecular complexity index is 656. The van der Waals surface area contributed by atoms with E-state index < -0.39 is 0 Å². The van der Waals surface area contributed by atoms with Crippen molar-refractivity contribution in [2.45, 2.75) is 32.4 Å². The number of hydrogen-bond acceptors (Lipinski definition) is 5. The van der Waals surface area contributed by atoms with E-state index in [1.54, 1.807) is 20.5 Å². The standard InChI is InChI=1S/C17H24N4O2/c1-4-21-16(18-12-19-21)11-20-9-8-13(10-20)14-6-5-7-15(22-2)17(14)23-3/h5-7,12-13H,4,8-11H2,1-3H3/t13-/m1/s1. The molecule has 2 heterocycles. The van der Waals surface area contributed by atoms with E-state index in [4.69, 9.17) is 9.47 Å². The van der Waals surface area contributed by atoms with Crippen molar-refractivity contribution in [3.8, 4) is 11.5 Å². The summed E-state index contributed by atoms with van der Waals surface area (Å²) in [5.74, 6) is 3.15. The maximum atomic E-state index is 5.59. The number of ether oxygens (including phenoxy) is 2. The number of rotatable bonds is 6. The van der Waals surface area contributed by atoms with Gasteiger partial charge in [0, 0.05) is 24.6 Å². The summed E-state index contributed by atoms with van der Waals surface area (Å²) in [5, 5.41) is 4.25. The van der Waals surface area contributed by atoms with Gasteiger partial charge >= 0.3 is 0 Å². The van der Waals surface area contributed by atoms with Crippen molar-refractivity contribution < 1.29 is 9.47 Å². The molecule has 1 saturated heterocycles. The molecule has 0 aliphatic carbocycles. The number of aromatic nitrogens is 3. The highest BCUT2D eigenvalue weighted by atomic mass is 16.5. The fourth-order valence-electron chi connectivity index (χ4n) is 3.34. The Kier molecular flexibility index (Phi) is 4.81. The minimum absolute atomic E-state index is 0.457. The lowest BCUT2D eigenvalue weighted by atomic mass is 9.97. The van der Waals surface area contributed by atoms with Crippen LogP contribution in [0.4, 0.5) is 0 Å². The van der Waals surface area contributed by atoms with Crippen LogP contribution in [-0.2, 0) is 13.1 Å². The zero-order valence-corrected chi connectivity index (χ0v) is 14.0. The summed E-state index contributed by atoms with van der Waals surface area (Å²) in [5.41, 5.74) is 1.23. The van der Waals surface area contributed by atoms with Gasteiger partial charge in [0.15, 0.2) is 11.5 Å². The maximum absolute atomic E-state index is 5.59. The first kappa shape index (κ1) is 15.8. The number of benzene rings is 1. The fourth-order valence-corrected chi connectivity index (χ4v) is 3.34. The Balaban J connectivity index is 1.73. The van der Waals surface area contributed by atoms with Crippen molar-refractivity contribution in [2.75, 3.05) is 27.3 Å². The highest BCUT2D eigenvalue weighted by molar-refractivity contribution is 5.48. The van der Waals surface area contributed by atoms with E-state index in [0.29, 0.717) is 5.92 Å². The summed E-state index contributed by atoms with van der Waals surface area (Å²) in [6, 6.07) is 6.12. The van der Waals surface area contributed by atoms with Crippen LogP contribution in [0.15, 0.2) is 24.5 Å². The zero-order chi connectivity index (χ0) is 16.2. The molecule has 1 aliphatic heterocycles. The predicted molar refractivity (Wildman–Crippen MR) is 87.9 cm³/mol. The molecule has 23 heavy (non-hydrogen) atoms. The summed E-state index contributed by atoms with van der Waals surface area (Å²) in [6.07, 6.45) is 2.75. The second-order valence-corrected chi connectivity index (χ2v) is 5.80. The first-order valence-corrected chi connectivity index (χ1v) is 8.06. The molecule has 0 spiro atoms. The topological polar surface area (TPSA) is 52.4 Å². The van der Waals surface area contributed by atoms with Crippen LogP contribution in [0.25, 0.3) is 0 Å². The molecule has 3 rings (SSSR count). The van der Waals surface area contributed by atoms with E-state index in [1.807, 2.05) is 16.8 Å². The fraction of sp³-hybridized carbons (Fsp3) is 0.529. The molecule has 1 aliphatic rings. The first-order chi connectivity index (χ1) is 11.3. The molecule has 1 atom stereocenters. The quantitative estimate of drug-likeness (QED) is 0.818. The summed E-state index contributed by atoms with van der Waals surface area (Å²) < 4.78 is 13.0. The molecule has 124 valence electrons. The van der Waals surface area contributed by atoms with Crippen LogP contribution in [0.2, 0.25) is 0 Å². The Morgan fingerprint density at radius 3 is 2.87 bits per heavy atom. The van der Waals surface area contributed by atoms with Gasteiger partial charge in [-0.05, 0) is 26.0 Å². The Hall–Kier alpha value is -2.08. The monoisotopic (exact) mass is 316 g/mol. The third kappa shape index (κ3) is 3.17. The molecule has 1 aromatic heterocycles. The van der Waals surface area contributed by atoms with E-state index in [1.165, 1.54) is 5.56 Å². The van der Waals surface area contributed by atoms with Gasteiger partial charge in [0.25, 0.3) is 0 Å². The maximum Gasteiger partial charge on any atom is 0.164 e. The van der Waals surface area contributed by atoms with Crippen LogP contribution in [0.1, 0.15) is 30.7 Å². The minimum Gasteiger partial charge on any atom is -0.493 e. The highest BCUT2D eigenvalue weighted by Gasteiger charge is 2.28. The lowest BCUT2D eigenvalue weighted by molar-refractivity contribution is 0.308. The van der Waals surface area contributed by atoms with Crippen molar-refractivity contribution >= 4 is 0 Å². The number of aryl methyl sites for hydroxylation is 1. The number of likely N-dealkylation sites (tertiary alicyclic amines) is 1. The molecule has 1 fully saturated rings. The van der Waals surface area contributed by atoms with Crippen LogP contribution >= 0.6 is 0 Å². The molecule has 0 radical (unpaired) electrons. The SMILES string of the molecule is CCn1ncnc1CN1CC[C@@H](c2cccc(OC)c2OC)C1. The molecule has 0 saturated carbocycles. The Morgan fingerprint density at radius 2 is 2.13 bits per heavy atom. The average Bonchev–Trinajstić information content (AvgIpc) is 3.23. The van der Waals surface area contributed by atoms with E-state index in [2.05, 4.69) is 28.0 Å². The van der Waals surface area contributed by atoms with Crippen LogP contribution in [0, 0.1) is 0 Å². The molecular formula is C17H24N4O2. The third-order valence-corrected chi connectivity index (χ3v) is 4.51. The van der Waals surface area contributed by atoms with Crippen LogP contribution in [-0.4, -0.2) is 47.0 Å². The van der Waals surface area contributed by atoms with Gasteiger partial charge in [0.1, 0.15) is 12.2 Å². The smallest absolute Gasteiger partial charge is 0.164 e. The van der Waals surface area contributed by atoms with E-state index in [9.17, 15) is 0 Å². The molecule has 0 amide bonds. The van der Waals surface area contributed by atoms with Crippen molar-refractivity contribution in [2.24, 2.45) is 0 Å². The van der Waals surface area contributed by atoms with Gasteiger partial charge < -0.3 is 9.47 Å². The zero-order valence-electron chi connectivity index (χ0n) is 14.0. The molecule has 1 aromatic carbocycles. The Morgan fingerprint density at radius 1 is 1.26 bits per heavy atom. The molecular weight excluding hydrogens is 292 g/mol. The number of nitrogens with zero attached hydrogens (tertiary/aromatic N) is 4. The largest absolute Gasteiger partial charge is 0.493 e. The van der Waals surface area contributed by atoms with Gasteiger partial charge in [0.2, 0.25) is 0 Å². The normalized spacial score (nSPS) is 18.3. The van der Waals surface area contributed by atoms with Gasteiger partial charge in [0.05, 0.1) is 20.8 Å². The summed E-state index contributed by atoms with van der Waals surface area (Å²) >= 11 is 0. The molecule has 0 bridgehead atoms. The number of methoxy groups -OCH3 is 2. The Labute approximate surface area is 137 Å². The van der Waals surface area contributed by atoms with Gasteiger partial charge in [-0.25, -0.2) is 9.67 Å². The minimum atomic E-state index is 0.457. The van der Waals surface area contributed by atoms with Gasteiger partial charge in [-0.1, -0.05) is 12.1 Å². The van der Waals surface area contributed by atoms with Crippen molar-refractivity contribution in [1.82, 2.24) is 19.7 Å². The lowest BCUT2D eigenvalue weighted by Gasteiger charge is -2.18. The van der Waals surface area contributed by atoms with Crippen molar-refractivity contribution in [1.29, 1.82) is 0 Å². The van der Waals surface area contributed by atoms with E-state index >= 15 is 0 Å². The van der Waals surface area contributed by atoms with E-state index in [-0.39, 0.29) is 0 Å². The highest BCUT2D eigenvalue weighted by Crippen LogP contribution is 2.39. The molecule has 2 aromatic rings. The predicted octanol–water partition coefficient (Wildman–Crippen LogP) is 2.30. The van der Waals surface area contributed by atoms with Gasteiger partial charge in [-0.2, -0.15) is 5.10 Å². The van der Waals surface area contributed by atoms with Crippen LogP contribution < -0.4 is 9.47 Å².